The Kier molecular flexibility index (Phi) is 5.05. The van der Waals surface area contributed by atoms with Crippen LogP contribution in [-0.2, 0) is 4.79 Å². The SMILES string of the molecule is NC(=NO)C1CCCN1C(=O)CC1CCCCCC1. The summed E-state index contributed by atoms with van der Waals surface area (Å²) in [6.45, 7) is 0.742. The normalized spacial score (nSPS) is 26.4. The van der Waals surface area contributed by atoms with E-state index < -0.39 is 0 Å². The van der Waals surface area contributed by atoms with Gasteiger partial charge in [0.15, 0.2) is 5.84 Å². The minimum absolute atomic E-state index is 0.173. The third kappa shape index (κ3) is 3.61. The molecule has 2 aliphatic rings. The third-order valence-electron chi connectivity index (χ3n) is 4.47. The molecule has 0 aromatic heterocycles. The van der Waals surface area contributed by atoms with Crippen LogP contribution in [0.25, 0.3) is 0 Å². The van der Waals surface area contributed by atoms with Gasteiger partial charge in [0.1, 0.15) is 0 Å². The zero-order chi connectivity index (χ0) is 13.7. The van der Waals surface area contributed by atoms with Crippen LogP contribution in [0.2, 0.25) is 0 Å². The van der Waals surface area contributed by atoms with Gasteiger partial charge in [-0.15, -0.1) is 0 Å². The number of rotatable bonds is 3. The first-order chi connectivity index (χ1) is 9.22. The van der Waals surface area contributed by atoms with Gasteiger partial charge in [-0.3, -0.25) is 4.79 Å². The Bertz CT molecular complexity index is 336. The molecule has 1 saturated heterocycles. The molecule has 3 N–H and O–H groups in total. The van der Waals surface area contributed by atoms with E-state index in [1.54, 1.807) is 4.90 Å². The van der Waals surface area contributed by atoms with Crippen molar-refractivity contribution < 1.29 is 10.0 Å². The van der Waals surface area contributed by atoms with Gasteiger partial charge >= 0.3 is 0 Å². The minimum atomic E-state index is -0.191. The molecule has 1 amide bonds. The molecule has 1 aliphatic heterocycles. The molecule has 0 radical (unpaired) electrons. The molecule has 1 unspecified atom stereocenters. The number of nitrogens with two attached hydrogens (primary N) is 1. The van der Waals surface area contributed by atoms with Crippen molar-refractivity contribution in [2.75, 3.05) is 6.54 Å². The summed E-state index contributed by atoms with van der Waals surface area (Å²) in [5.41, 5.74) is 5.67. The van der Waals surface area contributed by atoms with Gasteiger partial charge in [-0.2, -0.15) is 0 Å². The second-order valence-corrected chi connectivity index (χ2v) is 5.83. The van der Waals surface area contributed by atoms with Crippen molar-refractivity contribution in [1.29, 1.82) is 0 Å². The summed E-state index contributed by atoms with van der Waals surface area (Å²) in [6, 6.07) is -0.191. The van der Waals surface area contributed by atoms with Gasteiger partial charge in [0.25, 0.3) is 0 Å². The van der Waals surface area contributed by atoms with Crippen LogP contribution in [0.3, 0.4) is 0 Å². The topological polar surface area (TPSA) is 78.9 Å². The summed E-state index contributed by atoms with van der Waals surface area (Å²) < 4.78 is 0. The van der Waals surface area contributed by atoms with Crippen LogP contribution in [-0.4, -0.2) is 34.4 Å². The highest BCUT2D eigenvalue weighted by atomic mass is 16.4. The lowest BCUT2D eigenvalue weighted by atomic mass is 9.96. The van der Waals surface area contributed by atoms with Gasteiger partial charge in [0.05, 0.1) is 6.04 Å². The molecular weight excluding hydrogens is 242 g/mol. The number of nitrogens with zero attached hydrogens (tertiary/aromatic N) is 2. The fourth-order valence-corrected chi connectivity index (χ4v) is 3.37. The number of likely N-dealkylation sites (tertiary alicyclic amines) is 1. The average molecular weight is 267 g/mol. The Hall–Kier alpha value is -1.26. The standard InChI is InChI=1S/C14H25N3O2/c15-14(16-19)12-8-5-9-17(12)13(18)10-11-6-3-1-2-4-7-11/h11-12,19H,1-10H2,(H2,15,16). The molecule has 0 spiro atoms. The predicted molar refractivity (Wildman–Crippen MR) is 74.0 cm³/mol. The van der Waals surface area contributed by atoms with Crippen LogP contribution in [0, 0.1) is 5.92 Å². The van der Waals surface area contributed by atoms with Crippen LogP contribution >= 0.6 is 0 Å². The van der Waals surface area contributed by atoms with Crippen molar-refractivity contribution in [3.63, 3.8) is 0 Å². The van der Waals surface area contributed by atoms with Crippen LogP contribution in [0.4, 0.5) is 0 Å². The molecule has 1 atom stereocenters. The molecule has 0 bridgehead atoms. The Morgan fingerprint density at radius 3 is 2.47 bits per heavy atom. The van der Waals surface area contributed by atoms with E-state index in [0.29, 0.717) is 12.3 Å². The Labute approximate surface area is 114 Å². The lowest BCUT2D eigenvalue weighted by molar-refractivity contribution is -0.132. The Balaban J connectivity index is 1.91. The molecule has 108 valence electrons. The van der Waals surface area contributed by atoms with E-state index in [1.807, 2.05) is 0 Å². The first kappa shape index (κ1) is 14.2. The lowest BCUT2D eigenvalue weighted by Gasteiger charge is -2.25. The van der Waals surface area contributed by atoms with Crippen LogP contribution in [0.1, 0.15) is 57.8 Å². The van der Waals surface area contributed by atoms with Crippen LogP contribution < -0.4 is 5.73 Å². The van der Waals surface area contributed by atoms with Crippen LogP contribution in [0.5, 0.6) is 0 Å². The first-order valence-electron chi connectivity index (χ1n) is 7.49. The van der Waals surface area contributed by atoms with Gasteiger partial charge in [0.2, 0.25) is 5.91 Å². The number of carbonyl (C=O) groups excluding carboxylic acids is 1. The maximum atomic E-state index is 12.4. The van der Waals surface area contributed by atoms with E-state index in [-0.39, 0.29) is 17.8 Å². The van der Waals surface area contributed by atoms with Gasteiger partial charge in [-0.05, 0) is 31.6 Å². The van der Waals surface area contributed by atoms with E-state index in [0.717, 1.165) is 19.4 Å². The Morgan fingerprint density at radius 1 is 1.16 bits per heavy atom. The molecule has 1 aliphatic carbocycles. The average Bonchev–Trinajstić information content (AvgIpc) is 2.77. The maximum Gasteiger partial charge on any atom is 0.223 e. The molecule has 2 rings (SSSR count). The number of hydrogen-bond donors (Lipinski definition) is 2. The zero-order valence-electron chi connectivity index (χ0n) is 11.6. The minimum Gasteiger partial charge on any atom is -0.409 e. The van der Waals surface area contributed by atoms with Crippen molar-refractivity contribution >= 4 is 11.7 Å². The molecule has 5 nitrogen and oxygen atoms in total. The summed E-state index contributed by atoms with van der Waals surface area (Å²) >= 11 is 0. The fourth-order valence-electron chi connectivity index (χ4n) is 3.37. The van der Waals surface area contributed by atoms with Crippen LogP contribution in [0.15, 0.2) is 5.16 Å². The van der Waals surface area contributed by atoms with Crippen molar-refractivity contribution in [1.82, 2.24) is 4.90 Å². The second kappa shape index (κ2) is 6.78. The molecule has 0 aromatic carbocycles. The van der Waals surface area contributed by atoms with E-state index in [2.05, 4.69) is 5.16 Å². The first-order valence-corrected chi connectivity index (χ1v) is 7.49. The molecular formula is C14H25N3O2. The quantitative estimate of drug-likeness (QED) is 0.270. The number of carbonyl (C=O) groups is 1. The third-order valence-corrected chi connectivity index (χ3v) is 4.47. The largest absolute Gasteiger partial charge is 0.409 e. The van der Waals surface area contributed by atoms with Crippen molar-refractivity contribution in [2.24, 2.45) is 16.8 Å². The maximum absolute atomic E-state index is 12.4. The second-order valence-electron chi connectivity index (χ2n) is 5.83. The molecule has 0 aromatic rings. The summed E-state index contributed by atoms with van der Waals surface area (Å²) in [5.74, 6) is 0.885. The van der Waals surface area contributed by atoms with Crippen molar-refractivity contribution in [3.8, 4) is 0 Å². The summed E-state index contributed by atoms with van der Waals surface area (Å²) in [7, 11) is 0. The molecule has 1 saturated carbocycles. The summed E-state index contributed by atoms with van der Waals surface area (Å²) in [5, 5.41) is 11.8. The van der Waals surface area contributed by atoms with E-state index in [9.17, 15) is 4.79 Å². The van der Waals surface area contributed by atoms with E-state index >= 15 is 0 Å². The van der Waals surface area contributed by atoms with E-state index in [1.165, 1.54) is 38.5 Å². The number of oxime groups is 1. The van der Waals surface area contributed by atoms with Gasteiger partial charge in [-0.1, -0.05) is 30.8 Å². The Morgan fingerprint density at radius 2 is 1.84 bits per heavy atom. The molecule has 2 fully saturated rings. The van der Waals surface area contributed by atoms with Gasteiger partial charge in [-0.25, -0.2) is 0 Å². The monoisotopic (exact) mass is 267 g/mol. The van der Waals surface area contributed by atoms with Gasteiger partial charge < -0.3 is 15.8 Å². The molecule has 19 heavy (non-hydrogen) atoms. The predicted octanol–water partition coefficient (Wildman–Crippen LogP) is 2.08. The van der Waals surface area contributed by atoms with Gasteiger partial charge in [0, 0.05) is 13.0 Å². The molecule has 1 heterocycles. The van der Waals surface area contributed by atoms with E-state index in [4.69, 9.17) is 10.9 Å². The summed E-state index contributed by atoms with van der Waals surface area (Å²) in [4.78, 5) is 14.2. The van der Waals surface area contributed by atoms with Crippen molar-refractivity contribution in [3.05, 3.63) is 0 Å². The number of hydrogen-bond acceptors (Lipinski definition) is 3. The highest BCUT2D eigenvalue weighted by molar-refractivity contribution is 5.90. The molecule has 5 heteroatoms. The number of amides is 1. The smallest absolute Gasteiger partial charge is 0.223 e. The van der Waals surface area contributed by atoms with Crippen molar-refractivity contribution in [2.45, 2.75) is 63.8 Å². The zero-order valence-corrected chi connectivity index (χ0v) is 11.6. The summed E-state index contributed by atoms with van der Waals surface area (Å²) in [6.07, 6.45) is 9.85. The highest BCUT2D eigenvalue weighted by Crippen LogP contribution is 2.27. The number of amidine groups is 1. The lowest BCUT2D eigenvalue weighted by Crippen LogP contribution is -2.44. The fraction of sp³-hybridized carbons (Fsp3) is 0.857. The highest BCUT2D eigenvalue weighted by Gasteiger charge is 2.32.